The van der Waals surface area contributed by atoms with Crippen molar-refractivity contribution >= 4 is 5.91 Å². The lowest BCUT2D eigenvalue weighted by molar-refractivity contribution is -0.118. The fourth-order valence-corrected chi connectivity index (χ4v) is 5.77. The number of carbonyl (C=O) groups is 1. The van der Waals surface area contributed by atoms with Crippen LogP contribution in [0.25, 0.3) is 0 Å². The van der Waals surface area contributed by atoms with Gasteiger partial charge in [-0.25, -0.2) is 0 Å². The zero-order valence-corrected chi connectivity index (χ0v) is 21.0. The van der Waals surface area contributed by atoms with Crippen LogP contribution in [0.2, 0.25) is 0 Å². The molecule has 1 heterocycles. The maximum absolute atomic E-state index is 10.7. The third-order valence-electron chi connectivity index (χ3n) is 6.81. The van der Waals surface area contributed by atoms with Crippen LogP contribution in [-0.2, 0) is 4.79 Å². The molecular weight excluding hydrogens is 368 g/mol. The number of carbonyl (C=O) groups excluding carboxylic acids is 1. The van der Waals surface area contributed by atoms with Gasteiger partial charge in [0.1, 0.15) is 0 Å². The van der Waals surface area contributed by atoms with E-state index in [4.69, 9.17) is 5.73 Å². The Morgan fingerprint density at radius 3 is 1.37 bits per heavy atom. The second-order valence-corrected chi connectivity index (χ2v) is 11.5. The molecule has 1 amide bonds. The first-order chi connectivity index (χ1) is 14.2. The van der Waals surface area contributed by atoms with E-state index in [-0.39, 0.29) is 5.91 Å². The van der Waals surface area contributed by atoms with Gasteiger partial charge in [0, 0.05) is 17.5 Å². The van der Waals surface area contributed by atoms with E-state index in [2.05, 4.69) is 33.0 Å². The molecule has 1 aliphatic rings. The number of primary amides is 1. The number of rotatable bonds is 18. The zero-order chi connectivity index (χ0) is 22.3. The van der Waals surface area contributed by atoms with Crippen molar-refractivity contribution in [3.63, 3.8) is 0 Å². The van der Waals surface area contributed by atoms with Gasteiger partial charge < -0.3 is 11.1 Å². The molecule has 0 aromatic heterocycles. The Bertz CT molecular complexity index is 428. The quantitative estimate of drug-likeness (QED) is 0.223. The fraction of sp³-hybridized carbons (Fsp3) is 0.963. The molecule has 3 heteroatoms. The van der Waals surface area contributed by atoms with Crippen molar-refractivity contribution < 1.29 is 4.79 Å². The minimum atomic E-state index is -0.152. The maximum atomic E-state index is 10.7. The van der Waals surface area contributed by atoms with Gasteiger partial charge in [0.25, 0.3) is 0 Å². The Morgan fingerprint density at radius 2 is 1.00 bits per heavy atom. The number of unbranched alkanes of at least 4 members (excludes halogenated alkanes) is 14. The first-order valence-electron chi connectivity index (χ1n) is 13.3. The second-order valence-electron chi connectivity index (χ2n) is 11.5. The van der Waals surface area contributed by atoms with Gasteiger partial charge in [-0.15, -0.1) is 0 Å². The average molecular weight is 423 g/mol. The molecule has 0 saturated carbocycles. The van der Waals surface area contributed by atoms with E-state index in [9.17, 15) is 4.79 Å². The van der Waals surface area contributed by atoms with Gasteiger partial charge in [0.05, 0.1) is 0 Å². The van der Waals surface area contributed by atoms with Crippen LogP contribution in [0.15, 0.2) is 0 Å². The summed E-state index contributed by atoms with van der Waals surface area (Å²) < 4.78 is 0. The first kappa shape index (κ1) is 27.5. The zero-order valence-electron chi connectivity index (χ0n) is 21.0. The molecule has 1 saturated heterocycles. The molecule has 0 spiro atoms. The van der Waals surface area contributed by atoms with Crippen LogP contribution in [-0.4, -0.2) is 17.0 Å². The van der Waals surface area contributed by atoms with E-state index >= 15 is 0 Å². The minimum absolute atomic E-state index is 0.152. The summed E-state index contributed by atoms with van der Waals surface area (Å²) in [5, 5.41) is 3.81. The third kappa shape index (κ3) is 15.3. The first-order valence-corrected chi connectivity index (χ1v) is 13.3. The van der Waals surface area contributed by atoms with Crippen LogP contribution >= 0.6 is 0 Å². The van der Waals surface area contributed by atoms with Crippen LogP contribution < -0.4 is 11.1 Å². The Labute approximate surface area is 188 Å². The predicted octanol–water partition coefficient (Wildman–Crippen LogP) is 7.66. The molecule has 1 fully saturated rings. The van der Waals surface area contributed by atoms with E-state index in [1.807, 2.05) is 0 Å². The fourth-order valence-electron chi connectivity index (χ4n) is 5.77. The molecule has 3 nitrogen and oxygen atoms in total. The average Bonchev–Trinajstić information content (AvgIpc) is 2.61. The second kappa shape index (κ2) is 15.3. The summed E-state index contributed by atoms with van der Waals surface area (Å²) in [5.41, 5.74) is 5.76. The Kier molecular flexibility index (Phi) is 14.0. The molecule has 0 aliphatic carbocycles. The molecule has 178 valence electrons. The summed E-state index contributed by atoms with van der Waals surface area (Å²) in [6.07, 6.45) is 25.0. The summed E-state index contributed by atoms with van der Waals surface area (Å²) >= 11 is 0. The molecular formula is C27H54N2O. The molecule has 0 aromatic rings. The van der Waals surface area contributed by atoms with E-state index in [1.54, 1.807) is 0 Å². The Morgan fingerprint density at radius 1 is 0.667 bits per heavy atom. The van der Waals surface area contributed by atoms with Gasteiger partial charge in [-0.3, -0.25) is 4.79 Å². The number of nitrogens with one attached hydrogen (secondary N) is 1. The molecule has 0 radical (unpaired) electrons. The lowest BCUT2D eigenvalue weighted by Gasteiger charge is -2.46. The SMILES string of the molecule is CC1(C)CC(CCCCCCCCCCCCCCCCCC(N)=O)CC(C)(C)N1. The normalized spacial score (nSPS) is 18.5. The Hall–Kier alpha value is -0.570. The lowest BCUT2D eigenvalue weighted by atomic mass is 9.74. The van der Waals surface area contributed by atoms with E-state index in [0.717, 1.165) is 18.8 Å². The molecule has 0 atom stereocenters. The molecule has 3 N–H and O–H groups in total. The van der Waals surface area contributed by atoms with Gasteiger partial charge in [-0.05, 0) is 52.9 Å². The van der Waals surface area contributed by atoms with E-state index in [1.165, 1.54) is 103 Å². The van der Waals surface area contributed by atoms with Crippen LogP contribution in [0.1, 0.15) is 150 Å². The Balaban J connectivity index is 1.81. The standard InChI is InChI=1S/C27H54N2O/c1-26(2)22-24(23-27(3,4)29-26)20-18-16-14-12-10-8-6-5-7-9-11-13-15-17-19-21-25(28)30/h24,29H,5-23H2,1-4H3,(H2,28,30). The van der Waals surface area contributed by atoms with Crippen LogP contribution in [0, 0.1) is 5.92 Å². The number of piperidine rings is 1. The van der Waals surface area contributed by atoms with Gasteiger partial charge in [0.15, 0.2) is 0 Å². The molecule has 1 rings (SSSR count). The summed E-state index contributed by atoms with van der Waals surface area (Å²) in [6, 6.07) is 0. The summed E-state index contributed by atoms with van der Waals surface area (Å²) in [4.78, 5) is 10.7. The van der Waals surface area contributed by atoms with Crippen molar-refractivity contribution in [1.29, 1.82) is 0 Å². The summed E-state index contributed by atoms with van der Waals surface area (Å²) in [7, 11) is 0. The van der Waals surface area contributed by atoms with E-state index < -0.39 is 0 Å². The summed E-state index contributed by atoms with van der Waals surface area (Å²) in [6.45, 7) is 9.48. The molecule has 0 unspecified atom stereocenters. The van der Waals surface area contributed by atoms with Crippen molar-refractivity contribution in [3.05, 3.63) is 0 Å². The molecule has 0 bridgehead atoms. The maximum Gasteiger partial charge on any atom is 0.217 e. The largest absolute Gasteiger partial charge is 0.370 e. The van der Waals surface area contributed by atoms with Gasteiger partial charge in [-0.1, -0.05) is 96.3 Å². The highest BCUT2D eigenvalue weighted by Crippen LogP contribution is 2.35. The number of hydrogen-bond donors (Lipinski definition) is 2. The van der Waals surface area contributed by atoms with Gasteiger partial charge >= 0.3 is 0 Å². The summed E-state index contributed by atoms with van der Waals surface area (Å²) in [5.74, 6) is 0.756. The monoisotopic (exact) mass is 422 g/mol. The van der Waals surface area contributed by atoms with Crippen LogP contribution in [0.5, 0.6) is 0 Å². The van der Waals surface area contributed by atoms with Gasteiger partial charge in [-0.2, -0.15) is 0 Å². The number of hydrogen-bond acceptors (Lipinski definition) is 2. The molecule has 30 heavy (non-hydrogen) atoms. The molecule has 1 aliphatic heterocycles. The molecule has 0 aromatic carbocycles. The van der Waals surface area contributed by atoms with E-state index in [0.29, 0.717) is 17.5 Å². The highest BCUT2D eigenvalue weighted by molar-refractivity contribution is 5.73. The third-order valence-corrected chi connectivity index (χ3v) is 6.81. The van der Waals surface area contributed by atoms with Crippen LogP contribution in [0.3, 0.4) is 0 Å². The minimum Gasteiger partial charge on any atom is -0.370 e. The number of nitrogens with two attached hydrogens (primary N) is 1. The highest BCUT2D eigenvalue weighted by Gasteiger charge is 2.36. The van der Waals surface area contributed by atoms with Crippen molar-refractivity contribution in [2.45, 2.75) is 161 Å². The van der Waals surface area contributed by atoms with Crippen molar-refractivity contribution in [1.82, 2.24) is 5.32 Å². The van der Waals surface area contributed by atoms with Crippen LogP contribution in [0.4, 0.5) is 0 Å². The lowest BCUT2D eigenvalue weighted by Crippen LogP contribution is -2.57. The van der Waals surface area contributed by atoms with Crippen molar-refractivity contribution in [2.24, 2.45) is 11.7 Å². The smallest absolute Gasteiger partial charge is 0.217 e. The predicted molar refractivity (Wildman–Crippen MR) is 132 cm³/mol. The van der Waals surface area contributed by atoms with Gasteiger partial charge in [0.2, 0.25) is 5.91 Å². The van der Waals surface area contributed by atoms with Crippen molar-refractivity contribution in [2.75, 3.05) is 0 Å². The van der Waals surface area contributed by atoms with Crippen molar-refractivity contribution in [3.8, 4) is 0 Å². The topological polar surface area (TPSA) is 55.1 Å². The highest BCUT2D eigenvalue weighted by atomic mass is 16.1. The number of amides is 1.